The van der Waals surface area contributed by atoms with Crippen LogP contribution in [0, 0.1) is 10.1 Å². The van der Waals surface area contributed by atoms with Gasteiger partial charge in [0.15, 0.2) is 5.78 Å². The number of hydrogen-bond acceptors (Lipinski definition) is 7. The number of hydrogen-bond donors (Lipinski definition) is 4. The molecule has 0 saturated carbocycles. The van der Waals surface area contributed by atoms with Gasteiger partial charge >= 0.3 is 0 Å². The fourth-order valence-corrected chi connectivity index (χ4v) is 3.40. The lowest BCUT2D eigenvalue weighted by Crippen LogP contribution is -2.37. The zero-order chi connectivity index (χ0) is 25.4. The topological polar surface area (TPSA) is 144 Å². The summed E-state index contributed by atoms with van der Waals surface area (Å²) in [5.74, 6) is -0.951. The number of amides is 2. The van der Waals surface area contributed by atoms with Crippen molar-refractivity contribution < 1.29 is 19.3 Å². The summed E-state index contributed by atoms with van der Waals surface area (Å²) in [6, 6.07) is 18.3. The number of rotatable bonds is 10. The van der Waals surface area contributed by atoms with Crippen LogP contribution in [0.25, 0.3) is 0 Å². The number of carbonyl (C=O) groups excluding carboxylic acids is 3. The molecular weight excluding hydrogens is 468 g/mol. The van der Waals surface area contributed by atoms with E-state index in [9.17, 15) is 24.5 Å². The number of ketones is 1. The molecule has 0 unspecified atom stereocenters. The van der Waals surface area contributed by atoms with Gasteiger partial charge in [0, 0.05) is 41.1 Å². The second-order valence-corrected chi connectivity index (χ2v) is 8.07. The average Bonchev–Trinajstić information content (AvgIpc) is 2.88. The molecule has 0 radical (unpaired) electrons. The summed E-state index contributed by atoms with van der Waals surface area (Å²) in [7, 11) is 0. The van der Waals surface area contributed by atoms with Crippen LogP contribution in [0.3, 0.4) is 0 Å². The van der Waals surface area contributed by atoms with E-state index in [1.807, 2.05) is 0 Å². The number of nitrogens with zero attached hydrogens (tertiary/aromatic N) is 1. The molecule has 0 aliphatic heterocycles. The van der Waals surface area contributed by atoms with E-state index in [2.05, 4.69) is 23.3 Å². The van der Waals surface area contributed by atoms with Gasteiger partial charge in [-0.2, -0.15) is 12.6 Å². The molecule has 0 aliphatic rings. The summed E-state index contributed by atoms with van der Waals surface area (Å²) >= 11 is 4.02. The van der Waals surface area contributed by atoms with Crippen LogP contribution in [0.4, 0.5) is 17.1 Å². The highest BCUT2D eigenvalue weighted by atomic mass is 32.1. The Bertz CT molecular complexity index is 1230. The lowest BCUT2D eigenvalue weighted by Gasteiger charge is -2.15. The SMILES string of the molecule is N[C@@H](CS)C(=O)Nc1ccc(NC(=O)CCc2ccc([N+](=O)[O-])cc2)c(C(=O)c2ccccc2)c1. The maximum absolute atomic E-state index is 13.2. The summed E-state index contributed by atoms with van der Waals surface area (Å²) in [6.45, 7) is 0. The smallest absolute Gasteiger partial charge is 0.269 e. The van der Waals surface area contributed by atoms with Crippen molar-refractivity contribution in [3.8, 4) is 0 Å². The predicted molar refractivity (Wildman–Crippen MR) is 137 cm³/mol. The second-order valence-electron chi connectivity index (χ2n) is 7.71. The van der Waals surface area contributed by atoms with Gasteiger partial charge < -0.3 is 16.4 Å². The number of thiol groups is 1. The zero-order valence-corrected chi connectivity index (χ0v) is 19.5. The van der Waals surface area contributed by atoms with E-state index >= 15 is 0 Å². The Kier molecular flexibility index (Phi) is 8.71. The van der Waals surface area contributed by atoms with E-state index < -0.39 is 16.9 Å². The van der Waals surface area contributed by atoms with Gasteiger partial charge in [-0.1, -0.05) is 42.5 Å². The molecule has 3 aromatic carbocycles. The van der Waals surface area contributed by atoms with E-state index in [1.165, 1.54) is 18.2 Å². The van der Waals surface area contributed by atoms with Crippen LogP contribution in [0.15, 0.2) is 72.8 Å². The molecule has 4 N–H and O–H groups in total. The highest BCUT2D eigenvalue weighted by Gasteiger charge is 2.18. The molecular formula is C25H24N4O5S. The molecule has 0 aromatic heterocycles. The lowest BCUT2D eigenvalue weighted by molar-refractivity contribution is -0.384. The summed E-state index contributed by atoms with van der Waals surface area (Å²) in [5.41, 5.74) is 7.73. The third kappa shape index (κ3) is 6.98. The molecule has 35 heavy (non-hydrogen) atoms. The number of anilines is 2. The number of benzene rings is 3. The molecule has 9 nitrogen and oxygen atoms in total. The molecule has 2 amide bonds. The Hall–Kier alpha value is -4.02. The minimum atomic E-state index is -0.814. The summed E-state index contributed by atoms with van der Waals surface area (Å²) in [6.07, 6.45) is 0.466. The maximum Gasteiger partial charge on any atom is 0.269 e. The van der Waals surface area contributed by atoms with Crippen molar-refractivity contribution in [3.63, 3.8) is 0 Å². The normalized spacial score (nSPS) is 11.4. The first-order valence-corrected chi connectivity index (χ1v) is 11.4. The highest BCUT2D eigenvalue weighted by Crippen LogP contribution is 2.24. The molecule has 0 spiro atoms. The molecule has 3 aromatic rings. The largest absolute Gasteiger partial charge is 0.325 e. The number of nitro benzene ring substituents is 1. The first-order valence-electron chi connectivity index (χ1n) is 10.7. The Morgan fingerprint density at radius 3 is 2.29 bits per heavy atom. The first kappa shape index (κ1) is 25.6. The minimum Gasteiger partial charge on any atom is -0.325 e. The average molecular weight is 493 g/mol. The van der Waals surface area contributed by atoms with Crippen LogP contribution in [-0.2, 0) is 16.0 Å². The molecule has 10 heteroatoms. The monoisotopic (exact) mass is 492 g/mol. The number of nitrogens with one attached hydrogen (secondary N) is 2. The molecule has 0 aliphatic carbocycles. The van der Waals surface area contributed by atoms with Gasteiger partial charge in [-0.3, -0.25) is 24.5 Å². The minimum absolute atomic E-state index is 0.0234. The molecule has 0 fully saturated rings. The molecule has 1 atom stereocenters. The van der Waals surface area contributed by atoms with Gasteiger partial charge in [0.05, 0.1) is 16.7 Å². The van der Waals surface area contributed by atoms with Crippen molar-refractivity contribution in [1.29, 1.82) is 0 Å². The fraction of sp³-hybridized carbons (Fsp3) is 0.160. The summed E-state index contributed by atoms with van der Waals surface area (Å²) in [5, 5.41) is 16.2. The van der Waals surface area contributed by atoms with Gasteiger partial charge in [0.1, 0.15) is 0 Å². The first-order chi connectivity index (χ1) is 16.8. The number of carbonyl (C=O) groups is 3. The van der Waals surface area contributed by atoms with Crippen LogP contribution in [-0.4, -0.2) is 34.3 Å². The number of nitrogens with two attached hydrogens (primary N) is 1. The molecule has 0 saturated heterocycles. The Morgan fingerprint density at radius 1 is 0.971 bits per heavy atom. The molecule has 0 bridgehead atoms. The predicted octanol–water partition coefficient (Wildman–Crippen LogP) is 3.59. The van der Waals surface area contributed by atoms with Crippen molar-refractivity contribution in [2.75, 3.05) is 16.4 Å². The zero-order valence-electron chi connectivity index (χ0n) is 18.6. The van der Waals surface area contributed by atoms with Crippen LogP contribution in [0.1, 0.15) is 27.9 Å². The van der Waals surface area contributed by atoms with E-state index in [1.54, 1.807) is 54.6 Å². The van der Waals surface area contributed by atoms with E-state index in [0.29, 0.717) is 23.4 Å². The standard InChI is InChI=1S/C25H24N4O5S/c26-21(15-35)25(32)27-18-9-12-22(20(14-18)24(31)17-4-2-1-3-5-17)28-23(30)13-8-16-6-10-19(11-7-16)29(33)34/h1-7,9-12,14,21,35H,8,13,15,26H2,(H,27,32)(H,28,30)/t21-/m0/s1. The molecule has 0 heterocycles. The van der Waals surface area contributed by atoms with Crippen molar-refractivity contribution in [3.05, 3.63) is 99.6 Å². The van der Waals surface area contributed by atoms with Crippen molar-refractivity contribution >= 4 is 47.3 Å². The number of aryl methyl sites for hydroxylation is 1. The van der Waals surface area contributed by atoms with E-state index in [0.717, 1.165) is 5.56 Å². The Balaban J connectivity index is 1.78. The van der Waals surface area contributed by atoms with Crippen molar-refractivity contribution in [1.82, 2.24) is 0 Å². The summed E-state index contributed by atoms with van der Waals surface area (Å²) in [4.78, 5) is 48.3. The molecule has 180 valence electrons. The van der Waals surface area contributed by atoms with E-state index in [4.69, 9.17) is 5.73 Å². The number of nitro groups is 1. The lowest BCUT2D eigenvalue weighted by atomic mass is 10.0. The summed E-state index contributed by atoms with van der Waals surface area (Å²) < 4.78 is 0. The maximum atomic E-state index is 13.2. The van der Waals surface area contributed by atoms with Crippen molar-refractivity contribution in [2.24, 2.45) is 5.73 Å². The second kappa shape index (κ2) is 11.9. The third-order valence-electron chi connectivity index (χ3n) is 5.16. The Labute approximate surface area is 207 Å². The van der Waals surface area contributed by atoms with Crippen LogP contribution in [0.2, 0.25) is 0 Å². The quantitative estimate of drug-likeness (QED) is 0.147. The van der Waals surface area contributed by atoms with Gasteiger partial charge in [-0.15, -0.1) is 0 Å². The van der Waals surface area contributed by atoms with E-state index in [-0.39, 0.29) is 35.1 Å². The van der Waals surface area contributed by atoms with Gasteiger partial charge in [0.25, 0.3) is 5.69 Å². The third-order valence-corrected chi connectivity index (χ3v) is 5.56. The van der Waals surface area contributed by atoms with Gasteiger partial charge in [0.2, 0.25) is 11.8 Å². The van der Waals surface area contributed by atoms with Gasteiger partial charge in [-0.05, 0) is 30.2 Å². The molecule has 3 rings (SSSR count). The Morgan fingerprint density at radius 2 is 1.66 bits per heavy atom. The fourth-order valence-electron chi connectivity index (χ4n) is 3.24. The van der Waals surface area contributed by atoms with Crippen LogP contribution >= 0.6 is 12.6 Å². The van der Waals surface area contributed by atoms with Crippen LogP contribution < -0.4 is 16.4 Å². The van der Waals surface area contributed by atoms with Crippen LogP contribution in [0.5, 0.6) is 0 Å². The highest BCUT2D eigenvalue weighted by molar-refractivity contribution is 7.80. The number of non-ortho nitro benzene ring substituents is 1. The van der Waals surface area contributed by atoms with Crippen molar-refractivity contribution in [2.45, 2.75) is 18.9 Å². The van der Waals surface area contributed by atoms with Gasteiger partial charge in [-0.25, -0.2) is 0 Å².